The van der Waals surface area contributed by atoms with Crippen LogP contribution in [0.15, 0.2) is 53.7 Å². The molecule has 0 aliphatic carbocycles. The topological polar surface area (TPSA) is 78.5 Å². The maximum absolute atomic E-state index is 12.7. The Hall–Kier alpha value is -2.78. The number of nitrogens with one attached hydrogen (secondary N) is 1. The summed E-state index contributed by atoms with van der Waals surface area (Å²) in [5.74, 6) is -0.535. The van der Waals surface area contributed by atoms with Crippen LogP contribution in [0.5, 0.6) is 0 Å². The third-order valence-corrected chi connectivity index (χ3v) is 3.33. The summed E-state index contributed by atoms with van der Waals surface area (Å²) in [5.41, 5.74) is 8.32. The van der Waals surface area contributed by atoms with Crippen LogP contribution in [0.2, 0.25) is 0 Å². The molecule has 0 spiro atoms. The Bertz CT molecular complexity index is 838. The van der Waals surface area contributed by atoms with Gasteiger partial charge in [0.15, 0.2) is 0 Å². The lowest BCUT2D eigenvalue weighted by Gasteiger charge is -1.99. The molecule has 3 N–H and O–H groups in total. The van der Waals surface area contributed by atoms with Gasteiger partial charge in [-0.25, -0.2) is 4.39 Å². The van der Waals surface area contributed by atoms with Gasteiger partial charge in [-0.3, -0.25) is 4.98 Å². The van der Waals surface area contributed by atoms with Crippen molar-refractivity contribution in [2.45, 2.75) is 11.8 Å². The maximum atomic E-state index is 12.7. The minimum Gasteiger partial charge on any atom is -0.396 e. The van der Waals surface area contributed by atoms with E-state index in [4.69, 9.17) is 11.0 Å². The van der Waals surface area contributed by atoms with E-state index in [1.807, 2.05) is 36.5 Å². The van der Waals surface area contributed by atoms with Gasteiger partial charge in [-0.2, -0.15) is 5.26 Å². The Morgan fingerprint density at radius 1 is 1.30 bits per heavy atom. The second-order valence-corrected chi connectivity index (χ2v) is 5.30. The van der Waals surface area contributed by atoms with E-state index >= 15 is 0 Å². The SMILES string of the molecule is Cc1cc(N)c(F)cc1C#N.Sc1c[nH]c(-c2ccccn2)c1. The fourth-order valence-corrected chi connectivity index (χ4v) is 2.07. The number of aromatic amines is 1. The number of nitrogen functional groups attached to an aromatic ring is 1. The van der Waals surface area contributed by atoms with Gasteiger partial charge in [-0.15, -0.1) is 12.6 Å². The molecule has 3 aromatic rings. The summed E-state index contributed by atoms with van der Waals surface area (Å²) in [6.45, 7) is 1.72. The Balaban J connectivity index is 0.000000168. The van der Waals surface area contributed by atoms with Gasteiger partial charge in [0.25, 0.3) is 0 Å². The number of thiol groups is 1. The smallest absolute Gasteiger partial charge is 0.147 e. The molecule has 0 saturated heterocycles. The van der Waals surface area contributed by atoms with E-state index in [-0.39, 0.29) is 5.69 Å². The molecule has 0 atom stereocenters. The van der Waals surface area contributed by atoms with Crippen LogP contribution in [0.25, 0.3) is 11.4 Å². The van der Waals surface area contributed by atoms with Crippen LogP contribution in [0.4, 0.5) is 10.1 Å². The summed E-state index contributed by atoms with van der Waals surface area (Å²) in [5, 5.41) is 8.48. The van der Waals surface area contributed by atoms with E-state index in [0.717, 1.165) is 22.3 Å². The summed E-state index contributed by atoms with van der Waals surface area (Å²) >= 11 is 4.20. The number of hydrogen-bond acceptors (Lipinski definition) is 4. The van der Waals surface area contributed by atoms with E-state index in [1.54, 1.807) is 13.1 Å². The minimum atomic E-state index is -0.535. The molecule has 0 aliphatic heterocycles. The lowest BCUT2D eigenvalue weighted by Crippen LogP contribution is -1.93. The third-order valence-electron chi connectivity index (χ3n) is 3.07. The molecule has 0 radical (unpaired) electrons. The fourth-order valence-electron chi connectivity index (χ4n) is 1.88. The largest absolute Gasteiger partial charge is 0.396 e. The number of pyridine rings is 1. The normalized spacial score (nSPS) is 9.65. The second-order valence-electron chi connectivity index (χ2n) is 4.79. The van der Waals surface area contributed by atoms with Gasteiger partial charge in [0.1, 0.15) is 5.82 Å². The highest BCUT2D eigenvalue weighted by Gasteiger charge is 2.02. The van der Waals surface area contributed by atoms with Crippen LogP contribution in [0.1, 0.15) is 11.1 Å². The number of nitrogens with two attached hydrogens (primary N) is 1. The average molecular weight is 326 g/mol. The Labute approximate surface area is 139 Å². The van der Waals surface area contributed by atoms with Gasteiger partial charge in [0.2, 0.25) is 0 Å². The van der Waals surface area contributed by atoms with Gasteiger partial charge in [-0.1, -0.05) is 6.07 Å². The van der Waals surface area contributed by atoms with Crippen molar-refractivity contribution in [2.24, 2.45) is 0 Å². The molecular formula is C17H15FN4S. The van der Waals surface area contributed by atoms with Gasteiger partial charge in [0.05, 0.1) is 28.7 Å². The zero-order chi connectivity index (χ0) is 16.8. The predicted molar refractivity (Wildman–Crippen MR) is 91.5 cm³/mol. The van der Waals surface area contributed by atoms with E-state index in [9.17, 15) is 4.39 Å². The summed E-state index contributed by atoms with van der Waals surface area (Å²) in [6.07, 6.45) is 3.61. The Morgan fingerprint density at radius 3 is 2.65 bits per heavy atom. The van der Waals surface area contributed by atoms with Gasteiger partial charge in [0, 0.05) is 17.3 Å². The summed E-state index contributed by atoms with van der Waals surface area (Å²) in [4.78, 5) is 8.21. The van der Waals surface area contributed by atoms with E-state index in [2.05, 4.69) is 22.6 Å². The zero-order valence-corrected chi connectivity index (χ0v) is 13.3. The number of benzene rings is 1. The molecule has 6 heteroatoms. The van der Waals surface area contributed by atoms with Gasteiger partial charge < -0.3 is 10.7 Å². The van der Waals surface area contributed by atoms with Crippen LogP contribution in [-0.2, 0) is 0 Å². The number of halogens is 1. The van der Waals surface area contributed by atoms with Crippen molar-refractivity contribution >= 4 is 18.3 Å². The number of rotatable bonds is 1. The van der Waals surface area contributed by atoms with Crippen molar-refractivity contribution in [3.8, 4) is 17.5 Å². The first-order valence-electron chi connectivity index (χ1n) is 6.75. The summed E-state index contributed by atoms with van der Waals surface area (Å²) in [6, 6.07) is 12.2. The number of H-pyrrole nitrogens is 1. The van der Waals surface area contributed by atoms with E-state index in [1.165, 1.54) is 6.07 Å². The van der Waals surface area contributed by atoms with E-state index in [0.29, 0.717) is 11.1 Å². The number of hydrogen-bond donors (Lipinski definition) is 3. The molecule has 0 amide bonds. The monoisotopic (exact) mass is 326 g/mol. The molecule has 0 unspecified atom stereocenters. The minimum absolute atomic E-state index is 0.0847. The van der Waals surface area contributed by atoms with Gasteiger partial charge in [-0.05, 0) is 42.8 Å². The summed E-state index contributed by atoms with van der Waals surface area (Å²) < 4.78 is 12.7. The van der Waals surface area contributed by atoms with Gasteiger partial charge >= 0.3 is 0 Å². The molecule has 0 aliphatic rings. The van der Waals surface area contributed by atoms with Crippen molar-refractivity contribution in [3.63, 3.8) is 0 Å². The molecule has 2 heterocycles. The molecular weight excluding hydrogens is 311 g/mol. The molecule has 2 aromatic heterocycles. The molecule has 4 nitrogen and oxygen atoms in total. The lowest BCUT2D eigenvalue weighted by molar-refractivity contribution is 0.631. The zero-order valence-electron chi connectivity index (χ0n) is 12.4. The number of anilines is 1. The first-order valence-corrected chi connectivity index (χ1v) is 7.20. The predicted octanol–water partition coefficient (Wildman–Crippen LogP) is 3.95. The van der Waals surface area contributed by atoms with Crippen LogP contribution in [0.3, 0.4) is 0 Å². The number of nitriles is 1. The highest BCUT2D eigenvalue weighted by molar-refractivity contribution is 7.80. The number of nitrogens with zero attached hydrogens (tertiary/aromatic N) is 2. The standard InChI is InChI=1S/C9H8N2S.C8H7FN2/c12-7-5-9(11-6-7)8-3-1-2-4-10-8;1-5-2-8(11)7(9)3-6(5)4-10/h1-6,11-12H;2-3H,11H2,1H3. The summed E-state index contributed by atoms with van der Waals surface area (Å²) in [7, 11) is 0. The van der Waals surface area contributed by atoms with E-state index < -0.39 is 5.82 Å². The molecule has 3 rings (SSSR count). The molecule has 1 aromatic carbocycles. The van der Waals surface area contributed by atoms with Crippen molar-refractivity contribution < 1.29 is 4.39 Å². The van der Waals surface area contributed by atoms with Crippen molar-refractivity contribution in [2.75, 3.05) is 5.73 Å². The molecule has 23 heavy (non-hydrogen) atoms. The maximum Gasteiger partial charge on any atom is 0.147 e. The molecule has 0 fully saturated rings. The average Bonchev–Trinajstić information content (AvgIpc) is 2.99. The highest BCUT2D eigenvalue weighted by Crippen LogP contribution is 2.17. The lowest BCUT2D eigenvalue weighted by atomic mass is 10.1. The Morgan fingerprint density at radius 2 is 2.09 bits per heavy atom. The third kappa shape index (κ3) is 4.34. The molecule has 0 bridgehead atoms. The quantitative estimate of drug-likeness (QED) is 0.468. The van der Waals surface area contributed by atoms with Crippen LogP contribution >= 0.6 is 12.6 Å². The van der Waals surface area contributed by atoms with Crippen LogP contribution < -0.4 is 5.73 Å². The number of aromatic nitrogens is 2. The first kappa shape index (κ1) is 16.6. The van der Waals surface area contributed by atoms with Crippen molar-refractivity contribution in [3.05, 3.63) is 65.7 Å². The van der Waals surface area contributed by atoms with Crippen LogP contribution in [-0.4, -0.2) is 9.97 Å². The van der Waals surface area contributed by atoms with Crippen molar-refractivity contribution in [1.29, 1.82) is 5.26 Å². The Kier molecular flexibility index (Phi) is 5.39. The first-order chi connectivity index (χ1) is 11.0. The van der Waals surface area contributed by atoms with Crippen molar-refractivity contribution in [1.82, 2.24) is 9.97 Å². The number of aryl methyl sites for hydroxylation is 1. The second kappa shape index (κ2) is 7.47. The molecule has 116 valence electrons. The van der Waals surface area contributed by atoms with Crippen LogP contribution in [0, 0.1) is 24.1 Å². The fraction of sp³-hybridized carbons (Fsp3) is 0.0588. The highest BCUT2D eigenvalue weighted by atomic mass is 32.1. The molecule has 0 saturated carbocycles.